The van der Waals surface area contributed by atoms with Crippen LogP contribution in [0.5, 0.6) is 0 Å². The third kappa shape index (κ3) is 1.25. The zero-order valence-electron chi connectivity index (χ0n) is 8.91. The zero-order chi connectivity index (χ0) is 11.3. The van der Waals surface area contributed by atoms with Crippen molar-refractivity contribution in [3.05, 3.63) is 46.2 Å². The summed E-state index contributed by atoms with van der Waals surface area (Å²) in [5.41, 5.74) is 11.6. The van der Waals surface area contributed by atoms with E-state index < -0.39 is 0 Å². The quantitative estimate of drug-likeness (QED) is 0.602. The smallest absolute Gasteiger partial charge is 0.0405 e. The van der Waals surface area contributed by atoms with Gasteiger partial charge in [-0.05, 0) is 29.5 Å². The highest BCUT2D eigenvalue weighted by Gasteiger charge is 2.23. The van der Waals surface area contributed by atoms with Crippen LogP contribution in [0.1, 0.15) is 16.7 Å². The predicted molar refractivity (Wildman–Crippen MR) is 72.2 cm³/mol. The molecule has 0 atom stereocenters. The van der Waals surface area contributed by atoms with Crippen molar-refractivity contribution in [1.29, 1.82) is 0 Å². The van der Waals surface area contributed by atoms with Crippen molar-refractivity contribution in [2.45, 2.75) is 16.7 Å². The molecular weight excluding hydrogens is 234 g/mol. The van der Waals surface area contributed by atoms with Gasteiger partial charge in [0.15, 0.2) is 0 Å². The Kier molecular flexibility index (Phi) is 2.13. The summed E-state index contributed by atoms with van der Waals surface area (Å²) in [6.45, 7) is 6.31. The SMILES string of the molecule is C=C1c2cscc2Sc2c(C)ccc(N)c21. The van der Waals surface area contributed by atoms with Gasteiger partial charge in [0.25, 0.3) is 0 Å². The molecular formula is C13H11NS2. The van der Waals surface area contributed by atoms with Gasteiger partial charge in [-0.15, -0.1) is 0 Å². The van der Waals surface area contributed by atoms with Gasteiger partial charge in [-0.25, -0.2) is 0 Å². The van der Waals surface area contributed by atoms with Crippen LogP contribution in [0.2, 0.25) is 0 Å². The lowest BCUT2D eigenvalue weighted by atomic mass is 9.98. The Morgan fingerprint density at radius 1 is 1.25 bits per heavy atom. The van der Waals surface area contributed by atoms with Gasteiger partial charge >= 0.3 is 0 Å². The fourth-order valence-corrected chi connectivity index (χ4v) is 4.22. The molecule has 3 heteroatoms. The molecule has 2 heterocycles. The Bertz CT molecular complexity index is 596. The number of hydrogen-bond acceptors (Lipinski definition) is 3. The molecule has 1 aromatic carbocycles. The van der Waals surface area contributed by atoms with Gasteiger partial charge in [0.1, 0.15) is 0 Å². The Balaban J connectivity index is 2.32. The minimum absolute atomic E-state index is 0.829. The van der Waals surface area contributed by atoms with Crippen LogP contribution in [0.3, 0.4) is 0 Å². The van der Waals surface area contributed by atoms with Crippen molar-refractivity contribution in [2.24, 2.45) is 0 Å². The van der Waals surface area contributed by atoms with Crippen LogP contribution in [-0.2, 0) is 0 Å². The largest absolute Gasteiger partial charge is 0.398 e. The molecule has 0 amide bonds. The molecule has 3 rings (SSSR count). The maximum atomic E-state index is 6.06. The molecule has 0 spiro atoms. The summed E-state index contributed by atoms with van der Waals surface area (Å²) < 4.78 is 0. The molecule has 0 unspecified atom stereocenters. The second-order valence-corrected chi connectivity index (χ2v) is 5.70. The molecule has 0 fully saturated rings. The van der Waals surface area contributed by atoms with Gasteiger partial charge in [-0.1, -0.05) is 24.4 Å². The van der Waals surface area contributed by atoms with Gasteiger partial charge in [0.2, 0.25) is 0 Å². The van der Waals surface area contributed by atoms with E-state index in [-0.39, 0.29) is 0 Å². The van der Waals surface area contributed by atoms with Crippen LogP contribution in [0.4, 0.5) is 5.69 Å². The third-order valence-corrected chi connectivity index (χ3v) is 5.03. The molecule has 0 saturated heterocycles. The number of nitrogen functional groups attached to an aromatic ring is 1. The summed E-state index contributed by atoms with van der Waals surface area (Å²) >= 11 is 3.52. The Morgan fingerprint density at radius 2 is 2.06 bits per heavy atom. The highest BCUT2D eigenvalue weighted by molar-refractivity contribution is 7.99. The molecule has 2 N–H and O–H groups in total. The summed E-state index contributed by atoms with van der Waals surface area (Å²) in [5.74, 6) is 0. The topological polar surface area (TPSA) is 26.0 Å². The lowest BCUT2D eigenvalue weighted by Gasteiger charge is -2.21. The Morgan fingerprint density at radius 3 is 2.88 bits per heavy atom. The van der Waals surface area contributed by atoms with E-state index in [4.69, 9.17) is 5.73 Å². The molecule has 1 aromatic heterocycles. The van der Waals surface area contributed by atoms with Gasteiger partial charge in [-0.3, -0.25) is 0 Å². The predicted octanol–water partition coefficient (Wildman–Crippen LogP) is 4.16. The fraction of sp³-hybridized carbons (Fsp3) is 0.0769. The van der Waals surface area contributed by atoms with Crippen molar-refractivity contribution in [1.82, 2.24) is 0 Å². The normalized spacial score (nSPS) is 13.4. The van der Waals surface area contributed by atoms with E-state index in [9.17, 15) is 0 Å². The van der Waals surface area contributed by atoms with Gasteiger partial charge in [-0.2, -0.15) is 11.3 Å². The highest BCUT2D eigenvalue weighted by Crippen LogP contribution is 2.49. The van der Waals surface area contributed by atoms with Crippen LogP contribution < -0.4 is 5.73 Å². The summed E-state index contributed by atoms with van der Waals surface area (Å²) in [4.78, 5) is 2.56. The lowest BCUT2D eigenvalue weighted by Crippen LogP contribution is -2.02. The fourth-order valence-electron chi connectivity index (χ4n) is 1.97. The van der Waals surface area contributed by atoms with E-state index >= 15 is 0 Å². The summed E-state index contributed by atoms with van der Waals surface area (Å²) in [6.07, 6.45) is 0. The van der Waals surface area contributed by atoms with E-state index in [2.05, 4.69) is 30.3 Å². The standard InChI is InChI=1S/C13H11NS2/c1-7-3-4-10(14)12-8(2)9-5-15-6-11(9)16-13(7)12/h3-6H,2,14H2,1H3. The van der Waals surface area contributed by atoms with E-state index in [1.807, 2.05) is 6.07 Å². The van der Waals surface area contributed by atoms with E-state index in [0.717, 1.165) is 16.8 Å². The van der Waals surface area contributed by atoms with Crippen LogP contribution in [0, 0.1) is 6.92 Å². The monoisotopic (exact) mass is 245 g/mol. The second kappa shape index (κ2) is 3.40. The number of nitrogens with two attached hydrogens (primary N) is 1. The van der Waals surface area contributed by atoms with Gasteiger partial charge in [0, 0.05) is 32.0 Å². The van der Waals surface area contributed by atoms with E-state index in [1.165, 1.54) is 20.9 Å². The molecule has 1 aliphatic heterocycles. The first kappa shape index (κ1) is 10.00. The third-order valence-electron chi connectivity index (χ3n) is 2.85. The average molecular weight is 245 g/mol. The molecule has 0 radical (unpaired) electrons. The Hall–Kier alpha value is -1.19. The van der Waals surface area contributed by atoms with Crippen LogP contribution in [-0.4, -0.2) is 0 Å². The van der Waals surface area contributed by atoms with Crippen molar-refractivity contribution < 1.29 is 0 Å². The summed E-state index contributed by atoms with van der Waals surface area (Å²) in [6, 6.07) is 4.04. The van der Waals surface area contributed by atoms with Crippen molar-refractivity contribution in [3.63, 3.8) is 0 Å². The van der Waals surface area contributed by atoms with E-state index in [1.54, 1.807) is 23.1 Å². The van der Waals surface area contributed by atoms with Crippen molar-refractivity contribution in [2.75, 3.05) is 5.73 Å². The van der Waals surface area contributed by atoms with Crippen LogP contribution in [0.15, 0.2) is 39.3 Å². The highest BCUT2D eigenvalue weighted by atomic mass is 32.2. The van der Waals surface area contributed by atoms with Crippen LogP contribution >= 0.6 is 23.1 Å². The number of aryl methyl sites for hydroxylation is 1. The summed E-state index contributed by atoms with van der Waals surface area (Å²) in [5, 5.41) is 4.33. The van der Waals surface area contributed by atoms with Gasteiger partial charge < -0.3 is 5.73 Å². The van der Waals surface area contributed by atoms with Crippen LogP contribution in [0.25, 0.3) is 5.57 Å². The molecule has 1 nitrogen and oxygen atoms in total. The number of rotatable bonds is 0. The molecule has 0 saturated carbocycles. The van der Waals surface area contributed by atoms with Gasteiger partial charge in [0.05, 0.1) is 0 Å². The van der Waals surface area contributed by atoms with E-state index in [0.29, 0.717) is 0 Å². The van der Waals surface area contributed by atoms with Crippen molar-refractivity contribution in [3.8, 4) is 0 Å². The average Bonchev–Trinajstić information content (AvgIpc) is 2.72. The first-order chi connectivity index (χ1) is 7.68. The first-order valence-electron chi connectivity index (χ1n) is 5.01. The maximum absolute atomic E-state index is 6.06. The number of benzene rings is 1. The second-order valence-electron chi connectivity index (χ2n) is 3.91. The maximum Gasteiger partial charge on any atom is 0.0405 e. The number of anilines is 1. The molecule has 0 aliphatic carbocycles. The first-order valence-corrected chi connectivity index (χ1v) is 6.77. The number of thiophene rings is 1. The number of hydrogen-bond donors (Lipinski definition) is 1. The molecule has 2 aromatic rings. The van der Waals surface area contributed by atoms with Crippen molar-refractivity contribution >= 4 is 34.4 Å². The zero-order valence-corrected chi connectivity index (χ0v) is 10.5. The summed E-state index contributed by atoms with van der Waals surface area (Å²) in [7, 11) is 0. The molecule has 0 bridgehead atoms. The number of fused-ring (bicyclic) bond motifs is 2. The molecule has 1 aliphatic rings. The molecule has 16 heavy (non-hydrogen) atoms. The lowest BCUT2D eigenvalue weighted by molar-refractivity contribution is 1.24. The minimum Gasteiger partial charge on any atom is -0.398 e. The molecule has 80 valence electrons. The Labute approximate surface area is 103 Å². The minimum atomic E-state index is 0.829.